The van der Waals surface area contributed by atoms with Crippen molar-refractivity contribution in [1.82, 2.24) is 19.2 Å². The van der Waals surface area contributed by atoms with Gasteiger partial charge in [0.05, 0.1) is 15.1 Å². The zero-order valence-corrected chi connectivity index (χ0v) is 13.4. The van der Waals surface area contributed by atoms with Crippen molar-refractivity contribution in [3.63, 3.8) is 0 Å². The Morgan fingerprint density at radius 1 is 1.45 bits per heavy atom. The van der Waals surface area contributed by atoms with Gasteiger partial charge in [0.15, 0.2) is 10.2 Å². The van der Waals surface area contributed by atoms with Gasteiger partial charge in [0.2, 0.25) is 0 Å². The van der Waals surface area contributed by atoms with E-state index in [1.165, 1.54) is 29.4 Å². The Morgan fingerprint density at radius 3 is 3.09 bits per heavy atom. The molecule has 0 aliphatic rings. The Kier molecular flexibility index (Phi) is 4.34. The van der Waals surface area contributed by atoms with E-state index in [0.29, 0.717) is 0 Å². The molecule has 0 saturated carbocycles. The van der Waals surface area contributed by atoms with Gasteiger partial charge >= 0.3 is 0 Å². The van der Waals surface area contributed by atoms with Gasteiger partial charge in [-0.1, -0.05) is 13.3 Å². The van der Waals surface area contributed by atoms with Gasteiger partial charge in [-0.3, -0.25) is 10.1 Å². The monoisotopic (exact) mass is 335 g/mol. The second-order valence-electron chi connectivity index (χ2n) is 4.65. The molecule has 0 fully saturated rings. The van der Waals surface area contributed by atoms with E-state index in [1.807, 2.05) is 0 Å². The normalized spacial score (nSPS) is 11.1. The van der Waals surface area contributed by atoms with Crippen molar-refractivity contribution >= 4 is 39.2 Å². The number of rotatable bonds is 6. The number of unbranched alkanes of at least 4 members (excludes halogenated alkanes) is 1. The van der Waals surface area contributed by atoms with Gasteiger partial charge in [-0.25, -0.2) is 9.97 Å². The van der Waals surface area contributed by atoms with Crippen LogP contribution in [0, 0.1) is 10.1 Å². The quantitative estimate of drug-likeness (QED) is 0.504. The molecule has 0 atom stereocenters. The summed E-state index contributed by atoms with van der Waals surface area (Å²) in [6, 6.07) is 4.68. The third kappa shape index (κ3) is 3.25. The highest BCUT2D eigenvalue weighted by Gasteiger charge is 2.12. The number of aryl methyl sites for hydroxylation is 1. The van der Waals surface area contributed by atoms with Crippen molar-refractivity contribution in [3.05, 3.63) is 40.5 Å². The Bertz CT molecular complexity index is 814. The van der Waals surface area contributed by atoms with Crippen LogP contribution in [0.1, 0.15) is 25.6 Å². The van der Waals surface area contributed by atoms with E-state index in [-0.39, 0.29) is 5.69 Å². The van der Waals surface area contributed by atoms with E-state index in [2.05, 4.69) is 22.0 Å². The first-order chi connectivity index (χ1) is 10.7. The van der Waals surface area contributed by atoms with E-state index in [9.17, 15) is 10.1 Å². The van der Waals surface area contributed by atoms with Gasteiger partial charge in [-0.2, -0.15) is 4.09 Å². The van der Waals surface area contributed by atoms with Crippen LogP contribution in [0.25, 0.3) is 10.2 Å². The number of hydrogen-bond donors (Lipinski definition) is 0. The maximum Gasteiger partial charge on any atom is 0.270 e. The van der Waals surface area contributed by atoms with Crippen LogP contribution in [-0.2, 0) is 6.42 Å². The molecule has 0 N–H and O–H groups in total. The molecule has 0 radical (unpaired) electrons. The largest absolute Gasteiger partial charge is 0.270 e. The van der Waals surface area contributed by atoms with Crippen LogP contribution < -0.4 is 0 Å². The fourth-order valence-electron chi connectivity index (χ4n) is 1.90. The summed E-state index contributed by atoms with van der Waals surface area (Å²) < 4.78 is 3.25. The van der Waals surface area contributed by atoms with Crippen molar-refractivity contribution in [3.8, 4) is 0 Å². The van der Waals surface area contributed by atoms with Crippen molar-refractivity contribution in [2.45, 2.75) is 30.5 Å². The number of thiazole rings is 1. The van der Waals surface area contributed by atoms with Crippen molar-refractivity contribution in [1.29, 1.82) is 0 Å². The second kappa shape index (κ2) is 6.41. The third-order valence-electron chi connectivity index (χ3n) is 3.01. The Balaban J connectivity index is 1.78. The van der Waals surface area contributed by atoms with Crippen LogP contribution >= 0.6 is 23.3 Å². The fourth-order valence-corrected chi connectivity index (χ4v) is 3.81. The van der Waals surface area contributed by atoms with Crippen LogP contribution in [-0.4, -0.2) is 24.1 Å². The van der Waals surface area contributed by atoms with Gasteiger partial charge < -0.3 is 0 Å². The van der Waals surface area contributed by atoms with Crippen LogP contribution in [0.4, 0.5) is 5.69 Å². The second-order valence-corrected chi connectivity index (χ2v) is 6.88. The first-order valence-corrected chi connectivity index (χ1v) is 8.38. The number of nitro groups is 1. The van der Waals surface area contributed by atoms with Gasteiger partial charge in [-0.05, 0) is 12.5 Å². The SMILES string of the molecule is CCCCc1ncn(Sc2nc3ccc([N+](=O)[O-])cc3s2)n1. The van der Waals surface area contributed by atoms with Crippen molar-refractivity contribution in [2.24, 2.45) is 0 Å². The van der Waals surface area contributed by atoms with Gasteiger partial charge in [0.1, 0.15) is 6.33 Å². The molecule has 1 aromatic carbocycles. The van der Waals surface area contributed by atoms with Crippen molar-refractivity contribution in [2.75, 3.05) is 0 Å². The molecule has 7 nitrogen and oxygen atoms in total. The van der Waals surface area contributed by atoms with E-state index >= 15 is 0 Å². The Hall–Kier alpha value is -2.00. The zero-order chi connectivity index (χ0) is 15.5. The first kappa shape index (κ1) is 14.9. The summed E-state index contributed by atoms with van der Waals surface area (Å²) in [4.78, 5) is 19.1. The van der Waals surface area contributed by atoms with Gasteiger partial charge in [-0.15, -0.1) is 16.4 Å². The van der Waals surface area contributed by atoms with Crippen molar-refractivity contribution < 1.29 is 4.92 Å². The average molecular weight is 335 g/mol. The van der Waals surface area contributed by atoms with Gasteiger partial charge in [0, 0.05) is 30.5 Å². The standard InChI is InChI=1S/C13H13N5O2S2/c1-2-3-4-12-14-8-17(16-12)22-13-15-10-6-5-9(18(19)20)7-11(10)21-13/h5-8H,2-4H2,1H3. The summed E-state index contributed by atoms with van der Waals surface area (Å²) >= 11 is 2.77. The zero-order valence-electron chi connectivity index (χ0n) is 11.8. The summed E-state index contributed by atoms with van der Waals surface area (Å²) in [5.41, 5.74) is 0.833. The minimum atomic E-state index is -0.399. The maximum absolute atomic E-state index is 10.8. The predicted octanol–water partition coefficient (Wildman–Crippen LogP) is 3.69. The Labute approximate surface area is 134 Å². The summed E-state index contributed by atoms with van der Waals surface area (Å²) in [7, 11) is 0. The topological polar surface area (TPSA) is 86.7 Å². The number of aromatic nitrogens is 4. The number of nitrogens with zero attached hydrogens (tertiary/aromatic N) is 5. The maximum atomic E-state index is 10.8. The summed E-state index contributed by atoms with van der Waals surface area (Å²) in [5.74, 6) is 0.825. The molecule has 0 aliphatic heterocycles. The summed E-state index contributed by atoms with van der Waals surface area (Å²) in [6.45, 7) is 2.13. The molecule has 22 heavy (non-hydrogen) atoms. The van der Waals surface area contributed by atoms with E-state index in [0.717, 1.165) is 39.6 Å². The number of benzene rings is 1. The fraction of sp³-hybridized carbons (Fsp3) is 0.308. The number of fused-ring (bicyclic) bond motifs is 1. The molecular weight excluding hydrogens is 322 g/mol. The predicted molar refractivity (Wildman–Crippen MR) is 86.2 cm³/mol. The molecule has 3 aromatic rings. The lowest BCUT2D eigenvalue weighted by molar-refractivity contribution is -0.384. The highest BCUT2D eigenvalue weighted by atomic mass is 32.2. The van der Waals surface area contributed by atoms with Crippen LogP contribution in [0.15, 0.2) is 28.9 Å². The average Bonchev–Trinajstić information content (AvgIpc) is 3.10. The first-order valence-electron chi connectivity index (χ1n) is 6.79. The lowest BCUT2D eigenvalue weighted by Crippen LogP contribution is -1.91. The molecule has 0 unspecified atom stereocenters. The number of non-ortho nitro benzene ring substituents is 1. The molecular formula is C13H13N5O2S2. The lowest BCUT2D eigenvalue weighted by atomic mass is 10.2. The lowest BCUT2D eigenvalue weighted by Gasteiger charge is -1.93. The van der Waals surface area contributed by atoms with Crippen LogP contribution in [0.5, 0.6) is 0 Å². The smallest absolute Gasteiger partial charge is 0.258 e. The van der Waals surface area contributed by atoms with E-state index in [4.69, 9.17) is 0 Å². The molecule has 0 amide bonds. The minimum absolute atomic E-state index is 0.0790. The highest BCUT2D eigenvalue weighted by molar-refractivity contribution is 7.99. The molecule has 2 aromatic heterocycles. The van der Waals surface area contributed by atoms with Gasteiger partial charge in [0.25, 0.3) is 5.69 Å². The molecule has 9 heteroatoms. The highest BCUT2D eigenvalue weighted by Crippen LogP contribution is 2.32. The van der Waals surface area contributed by atoms with E-state index in [1.54, 1.807) is 22.5 Å². The number of nitro benzene ring substituents is 1. The minimum Gasteiger partial charge on any atom is -0.258 e. The third-order valence-corrected chi connectivity index (χ3v) is 4.91. The number of hydrogen-bond acceptors (Lipinski definition) is 7. The molecule has 0 aliphatic carbocycles. The summed E-state index contributed by atoms with van der Waals surface area (Å²) in [5, 5.41) is 15.2. The summed E-state index contributed by atoms with van der Waals surface area (Å²) in [6.07, 6.45) is 4.72. The molecule has 114 valence electrons. The molecule has 0 saturated heterocycles. The Morgan fingerprint density at radius 2 is 2.32 bits per heavy atom. The molecule has 0 bridgehead atoms. The van der Waals surface area contributed by atoms with Crippen LogP contribution in [0.3, 0.4) is 0 Å². The van der Waals surface area contributed by atoms with Crippen LogP contribution in [0.2, 0.25) is 0 Å². The van der Waals surface area contributed by atoms with E-state index < -0.39 is 4.92 Å². The molecule has 3 rings (SSSR count). The molecule has 2 heterocycles. The molecule has 0 spiro atoms.